The third-order valence-electron chi connectivity index (χ3n) is 3.05. The summed E-state index contributed by atoms with van der Waals surface area (Å²) >= 11 is 1.95. The van der Waals surface area contributed by atoms with E-state index in [4.69, 9.17) is 5.73 Å². The predicted octanol–water partition coefficient (Wildman–Crippen LogP) is 1.96. The fraction of sp³-hybridized carbons (Fsp3) is 0.923. The number of nitrogens with two attached hydrogens (primary N) is 1. The molecule has 17 heavy (non-hydrogen) atoms. The number of carbonyl (C=O) groups excluding carboxylic acids is 1. The Balaban J connectivity index is 2.59. The van der Waals surface area contributed by atoms with Gasteiger partial charge in [0, 0.05) is 30.6 Å². The first kappa shape index (κ1) is 14.8. The Bertz CT molecular complexity index is 263. The lowest BCUT2D eigenvalue weighted by molar-refractivity contribution is -0.136. The van der Waals surface area contributed by atoms with E-state index in [0.717, 1.165) is 25.3 Å². The van der Waals surface area contributed by atoms with Gasteiger partial charge in [-0.1, -0.05) is 27.7 Å². The van der Waals surface area contributed by atoms with Crippen molar-refractivity contribution >= 4 is 17.7 Å². The maximum absolute atomic E-state index is 12.4. The van der Waals surface area contributed by atoms with Gasteiger partial charge in [-0.25, -0.2) is 0 Å². The maximum Gasteiger partial charge on any atom is 0.227 e. The average Bonchev–Trinajstić information content (AvgIpc) is 2.23. The quantitative estimate of drug-likeness (QED) is 0.842. The minimum absolute atomic E-state index is 0.00898. The molecule has 0 aromatic heterocycles. The van der Waals surface area contributed by atoms with E-state index in [9.17, 15) is 4.79 Å². The second-order valence-corrected chi connectivity index (χ2v) is 7.71. The van der Waals surface area contributed by atoms with Gasteiger partial charge >= 0.3 is 0 Å². The normalized spacial score (nSPS) is 23.6. The predicted molar refractivity (Wildman–Crippen MR) is 75.1 cm³/mol. The van der Waals surface area contributed by atoms with Gasteiger partial charge in [-0.3, -0.25) is 4.79 Å². The molecular weight excluding hydrogens is 232 g/mol. The Kier molecular flexibility index (Phi) is 5.32. The molecule has 2 atom stereocenters. The summed E-state index contributed by atoms with van der Waals surface area (Å²) in [5.74, 6) is 1.31. The van der Waals surface area contributed by atoms with Crippen molar-refractivity contribution in [2.24, 2.45) is 17.1 Å². The molecule has 0 aromatic carbocycles. The number of amides is 1. The van der Waals surface area contributed by atoms with Crippen LogP contribution in [0.5, 0.6) is 0 Å². The molecule has 1 fully saturated rings. The van der Waals surface area contributed by atoms with E-state index in [2.05, 4.69) is 27.7 Å². The summed E-state index contributed by atoms with van der Waals surface area (Å²) in [6.45, 7) is 10.9. The summed E-state index contributed by atoms with van der Waals surface area (Å²) in [5.41, 5.74) is 5.93. The van der Waals surface area contributed by atoms with Crippen LogP contribution in [0.4, 0.5) is 0 Å². The molecule has 0 aliphatic carbocycles. The SMILES string of the molecule is CC1CN(C(=O)C(CN)CC(C)(C)C)CCS1. The summed E-state index contributed by atoms with van der Waals surface area (Å²) in [7, 11) is 0. The molecule has 1 heterocycles. The van der Waals surface area contributed by atoms with E-state index in [1.807, 2.05) is 16.7 Å². The van der Waals surface area contributed by atoms with Crippen LogP contribution in [0.15, 0.2) is 0 Å². The molecule has 4 heteroatoms. The van der Waals surface area contributed by atoms with E-state index in [0.29, 0.717) is 11.8 Å². The van der Waals surface area contributed by atoms with Gasteiger partial charge in [0.2, 0.25) is 5.91 Å². The highest BCUT2D eigenvalue weighted by atomic mass is 32.2. The summed E-state index contributed by atoms with van der Waals surface area (Å²) in [6.07, 6.45) is 0.875. The molecule has 0 saturated carbocycles. The molecule has 0 spiro atoms. The summed E-state index contributed by atoms with van der Waals surface area (Å²) in [4.78, 5) is 14.4. The molecule has 2 N–H and O–H groups in total. The van der Waals surface area contributed by atoms with Crippen molar-refractivity contribution in [1.82, 2.24) is 4.90 Å². The first-order valence-corrected chi connectivity index (χ1v) is 7.49. The van der Waals surface area contributed by atoms with Crippen molar-refractivity contribution in [2.75, 3.05) is 25.4 Å². The van der Waals surface area contributed by atoms with Gasteiger partial charge < -0.3 is 10.6 Å². The molecule has 3 nitrogen and oxygen atoms in total. The van der Waals surface area contributed by atoms with Crippen molar-refractivity contribution in [2.45, 2.75) is 39.4 Å². The Hall–Kier alpha value is -0.220. The lowest BCUT2D eigenvalue weighted by atomic mass is 9.84. The van der Waals surface area contributed by atoms with E-state index in [1.54, 1.807) is 0 Å². The monoisotopic (exact) mass is 258 g/mol. The van der Waals surface area contributed by atoms with Gasteiger partial charge in [-0.2, -0.15) is 11.8 Å². The van der Waals surface area contributed by atoms with Gasteiger partial charge in [0.05, 0.1) is 5.92 Å². The molecule has 0 aromatic rings. The van der Waals surface area contributed by atoms with Crippen molar-refractivity contribution in [3.05, 3.63) is 0 Å². The molecule has 1 rings (SSSR count). The third-order valence-corrected chi connectivity index (χ3v) is 4.18. The summed E-state index contributed by atoms with van der Waals surface area (Å²) < 4.78 is 0. The fourth-order valence-electron chi connectivity index (χ4n) is 2.29. The van der Waals surface area contributed by atoms with Crippen LogP contribution in [0, 0.1) is 11.3 Å². The second-order valence-electron chi connectivity index (χ2n) is 6.16. The molecule has 2 unspecified atom stereocenters. The molecule has 1 amide bonds. The number of nitrogens with zero attached hydrogens (tertiary/aromatic N) is 1. The van der Waals surface area contributed by atoms with E-state index in [1.165, 1.54) is 0 Å². The topological polar surface area (TPSA) is 46.3 Å². The van der Waals surface area contributed by atoms with Gasteiger partial charge in [-0.05, 0) is 11.8 Å². The van der Waals surface area contributed by atoms with Crippen molar-refractivity contribution in [3.63, 3.8) is 0 Å². The lowest BCUT2D eigenvalue weighted by Gasteiger charge is -2.34. The molecule has 1 saturated heterocycles. The Morgan fingerprint density at radius 1 is 1.53 bits per heavy atom. The van der Waals surface area contributed by atoms with Gasteiger partial charge in [-0.15, -0.1) is 0 Å². The zero-order chi connectivity index (χ0) is 13.1. The van der Waals surface area contributed by atoms with Crippen LogP contribution in [0.1, 0.15) is 34.1 Å². The molecule has 0 radical (unpaired) electrons. The highest BCUT2D eigenvalue weighted by Crippen LogP contribution is 2.26. The molecule has 1 aliphatic rings. The van der Waals surface area contributed by atoms with Crippen molar-refractivity contribution < 1.29 is 4.79 Å². The maximum atomic E-state index is 12.4. The lowest BCUT2D eigenvalue weighted by Crippen LogP contribution is -2.46. The highest BCUT2D eigenvalue weighted by Gasteiger charge is 2.29. The smallest absolute Gasteiger partial charge is 0.227 e. The number of thioether (sulfide) groups is 1. The molecular formula is C13H26N2OS. The van der Waals surface area contributed by atoms with Crippen LogP contribution in [0.2, 0.25) is 0 Å². The fourth-order valence-corrected chi connectivity index (χ4v) is 3.30. The Morgan fingerprint density at radius 3 is 2.65 bits per heavy atom. The van der Waals surface area contributed by atoms with Gasteiger partial charge in [0.25, 0.3) is 0 Å². The van der Waals surface area contributed by atoms with Crippen LogP contribution < -0.4 is 5.73 Å². The minimum atomic E-state index is -0.00898. The summed E-state index contributed by atoms with van der Waals surface area (Å²) in [5, 5.41) is 0.556. The first-order valence-electron chi connectivity index (χ1n) is 6.44. The average molecular weight is 258 g/mol. The number of hydrogen-bond acceptors (Lipinski definition) is 3. The number of carbonyl (C=O) groups is 1. The first-order chi connectivity index (χ1) is 7.83. The minimum Gasteiger partial charge on any atom is -0.340 e. The van der Waals surface area contributed by atoms with Gasteiger partial charge in [0.15, 0.2) is 0 Å². The largest absolute Gasteiger partial charge is 0.340 e. The van der Waals surface area contributed by atoms with E-state index >= 15 is 0 Å². The third kappa shape index (κ3) is 4.88. The Labute approximate surface area is 109 Å². The van der Waals surface area contributed by atoms with E-state index in [-0.39, 0.29) is 17.2 Å². The van der Waals surface area contributed by atoms with E-state index < -0.39 is 0 Å². The van der Waals surface area contributed by atoms with Crippen LogP contribution >= 0.6 is 11.8 Å². The van der Waals surface area contributed by atoms with Crippen molar-refractivity contribution in [3.8, 4) is 0 Å². The van der Waals surface area contributed by atoms with Crippen LogP contribution in [0.3, 0.4) is 0 Å². The van der Waals surface area contributed by atoms with Crippen LogP contribution in [0.25, 0.3) is 0 Å². The second kappa shape index (κ2) is 6.10. The standard InChI is InChI=1S/C13H26N2OS/c1-10-9-15(5-6-17-10)12(16)11(8-14)7-13(2,3)4/h10-11H,5-9,14H2,1-4H3. The number of hydrogen-bond donors (Lipinski definition) is 1. The molecule has 0 bridgehead atoms. The molecule has 1 aliphatic heterocycles. The highest BCUT2D eigenvalue weighted by molar-refractivity contribution is 7.99. The van der Waals surface area contributed by atoms with Crippen molar-refractivity contribution in [1.29, 1.82) is 0 Å². The Morgan fingerprint density at radius 2 is 2.18 bits per heavy atom. The zero-order valence-electron chi connectivity index (χ0n) is 11.5. The number of rotatable bonds is 3. The summed E-state index contributed by atoms with van der Waals surface area (Å²) in [6, 6.07) is 0. The van der Waals surface area contributed by atoms with Crippen LogP contribution in [-0.2, 0) is 4.79 Å². The molecule has 100 valence electrons. The van der Waals surface area contributed by atoms with Crippen LogP contribution in [-0.4, -0.2) is 41.4 Å². The van der Waals surface area contributed by atoms with Gasteiger partial charge in [0.1, 0.15) is 0 Å². The zero-order valence-corrected chi connectivity index (χ0v) is 12.3.